The molecule has 17 heavy (non-hydrogen) atoms. The molecule has 92 valence electrons. The predicted octanol–water partition coefficient (Wildman–Crippen LogP) is 1.28. The van der Waals surface area contributed by atoms with Gasteiger partial charge >= 0.3 is 0 Å². The van der Waals surface area contributed by atoms with Gasteiger partial charge in [-0.25, -0.2) is 0 Å². The fraction of sp³-hybridized carbons (Fsp3) is 0.583. The molecule has 3 rings (SSSR count). The number of thiophene rings is 1. The maximum Gasteiger partial charge on any atom is 0.238 e. The predicted molar refractivity (Wildman–Crippen MR) is 65.9 cm³/mol. The number of rotatable bonds is 2. The average Bonchev–Trinajstić information content (AvgIpc) is 2.97. The van der Waals surface area contributed by atoms with Gasteiger partial charge in [-0.3, -0.25) is 10.1 Å². The first-order valence-electron chi connectivity index (χ1n) is 5.94. The van der Waals surface area contributed by atoms with E-state index in [1.165, 1.54) is 9.75 Å². The van der Waals surface area contributed by atoms with Crippen molar-refractivity contribution in [2.75, 3.05) is 19.8 Å². The number of carbonyl (C=O) groups excluding carboxylic acids is 1. The minimum Gasteiger partial charge on any atom is -0.379 e. The first kappa shape index (κ1) is 11.2. The van der Waals surface area contributed by atoms with E-state index < -0.39 is 0 Å². The first-order chi connectivity index (χ1) is 8.25. The fourth-order valence-electron chi connectivity index (χ4n) is 2.51. The van der Waals surface area contributed by atoms with Crippen LogP contribution < -0.4 is 5.32 Å². The van der Waals surface area contributed by atoms with Crippen LogP contribution in [0.2, 0.25) is 0 Å². The summed E-state index contributed by atoms with van der Waals surface area (Å²) in [5.74, 6) is 0.191. The molecule has 2 saturated heterocycles. The molecule has 0 aliphatic carbocycles. The molecule has 1 aromatic heterocycles. The molecule has 3 heterocycles. The summed E-state index contributed by atoms with van der Waals surface area (Å²) < 4.78 is 5.39. The van der Waals surface area contributed by atoms with Gasteiger partial charge in [0.1, 0.15) is 6.17 Å². The van der Waals surface area contributed by atoms with Crippen molar-refractivity contribution in [3.05, 3.63) is 21.9 Å². The van der Waals surface area contributed by atoms with E-state index in [-0.39, 0.29) is 18.1 Å². The van der Waals surface area contributed by atoms with E-state index in [9.17, 15) is 4.79 Å². The van der Waals surface area contributed by atoms with Crippen LogP contribution in [0.5, 0.6) is 0 Å². The Morgan fingerprint density at radius 2 is 2.41 bits per heavy atom. The van der Waals surface area contributed by atoms with Crippen molar-refractivity contribution < 1.29 is 9.53 Å². The number of carbonyl (C=O) groups is 1. The van der Waals surface area contributed by atoms with Crippen LogP contribution >= 0.6 is 11.3 Å². The molecule has 5 heteroatoms. The van der Waals surface area contributed by atoms with E-state index in [4.69, 9.17) is 4.74 Å². The summed E-state index contributed by atoms with van der Waals surface area (Å²) in [7, 11) is 0. The van der Waals surface area contributed by atoms with Crippen LogP contribution in [0.3, 0.4) is 0 Å². The van der Waals surface area contributed by atoms with Crippen LogP contribution in [0.25, 0.3) is 0 Å². The van der Waals surface area contributed by atoms with Gasteiger partial charge in [-0.15, -0.1) is 11.3 Å². The van der Waals surface area contributed by atoms with E-state index in [0.717, 1.165) is 13.0 Å². The van der Waals surface area contributed by atoms with Crippen LogP contribution in [-0.2, 0) is 9.53 Å². The van der Waals surface area contributed by atoms with Crippen molar-refractivity contribution in [2.24, 2.45) is 0 Å². The van der Waals surface area contributed by atoms with Crippen molar-refractivity contribution in [1.29, 1.82) is 0 Å². The molecule has 1 amide bonds. The highest BCUT2D eigenvalue weighted by Crippen LogP contribution is 2.31. The second kappa shape index (κ2) is 4.40. The van der Waals surface area contributed by atoms with Gasteiger partial charge < -0.3 is 9.64 Å². The lowest BCUT2D eigenvalue weighted by Gasteiger charge is -2.28. The lowest BCUT2D eigenvalue weighted by atomic mass is 10.2. The summed E-state index contributed by atoms with van der Waals surface area (Å²) in [6.45, 7) is 3.98. The molecule has 0 aromatic carbocycles. The van der Waals surface area contributed by atoms with Crippen LogP contribution in [-0.4, -0.2) is 36.6 Å². The summed E-state index contributed by atoms with van der Waals surface area (Å²) in [5.41, 5.74) is 0. The molecule has 2 unspecified atom stereocenters. The van der Waals surface area contributed by atoms with Crippen LogP contribution in [0.15, 0.2) is 12.1 Å². The fourth-order valence-corrected chi connectivity index (χ4v) is 3.46. The molecule has 0 saturated carbocycles. The average molecular weight is 252 g/mol. The van der Waals surface area contributed by atoms with Gasteiger partial charge in [-0.2, -0.15) is 0 Å². The van der Waals surface area contributed by atoms with Crippen LogP contribution in [0, 0.1) is 6.92 Å². The van der Waals surface area contributed by atoms with Crippen LogP contribution in [0.1, 0.15) is 22.3 Å². The van der Waals surface area contributed by atoms with E-state index in [0.29, 0.717) is 13.2 Å². The van der Waals surface area contributed by atoms with Crippen LogP contribution in [0.4, 0.5) is 0 Å². The first-order valence-corrected chi connectivity index (χ1v) is 6.76. The molecule has 2 aliphatic rings. The monoisotopic (exact) mass is 252 g/mol. The van der Waals surface area contributed by atoms with Gasteiger partial charge in [0, 0.05) is 16.4 Å². The largest absolute Gasteiger partial charge is 0.379 e. The number of nitrogens with zero attached hydrogens (tertiary/aromatic N) is 1. The van der Waals surface area contributed by atoms with Gasteiger partial charge in [0.2, 0.25) is 5.91 Å². The second-order valence-electron chi connectivity index (χ2n) is 4.55. The smallest absolute Gasteiger partial charge is 0.238 e. The van der Waals surface area contributed by atoms with Gasteiger partial charge in [0.25, 0.3) is 0 Å². The lowest BCUT2D eigenvalue weighted by Crippen LogP contribution is -2.39. The number of aryl methyl sites for hydroxylation is 1. The number of ether oxygens (including phenoxy) is 1. The van der Waals surface area contributed by atoms with E-state index >= 15 is 0 Å². The molecule has 1 N–H and O–H groups in total. The Kier molecular flexibility index (Phi) is 2.90. The maximum atomic E-state index is 12.0. The molecule has 1 aromatic rings. The third-order valence-electron chi connectivity index (χ3n) is 3.34. The van der Waals surface area contributed by atoms with Gasteiger partial charge in [0.05, 0.1) is 19.2 Å². The normalized spacial score (nSPS) is 29.2. The minimum absolute atomic E-state index is 0.0490. The topological polar surface area (TPSA) is 41.6 Å². The van der Waals surface area contributed by atoms with Crippen molar-refractivity contribution in [3.8, 4) is 0 Å². The molecule has 2 atom stereocenters. The van der Waals surface area contributed by atoms with E-state index in [2.05, 4.69) is 24.4 Å². The second-order valence-corrected chi connectivity index (χ2v) is 5.87. The Balaban J connectivity index is 1.85. The molecular formula is C12H16N2O2S. The number of amides is 1. The Bertz CT molecular complexity index is 426. The summed E-state index contributed by atoms with van der Waals surface area (Å²) in [6, 6.07) is 4.46. The Labute approximate surface area is 105 Å². The summed E-state index contributed by atoms with van der Waals surface area (Å²) in [5, 5.41) is 3.29. The SMILES string of the molecule is Cc1ccc(C2NCC(=O)N2C2CCOC2)s1. The summed E-state index contributed by atoms with van der Waals surface area (Å²) >= 11 is 1.75. The number of hydrogen-bond acceptors (Lipinski definition) is 4. The highest BCUT2D eigenvalue weighted by molar-refractivity contribution is 7.12. The molecule has 2 fully saturated rings. The molecule has 0 bridgehead atoms. The third-order valence-corrected chi connectivity index (χ3v) is 4.40. The molecule has 0 spiro atoms. The van der Waals surface area contributed by atoms with Crippen molar-refractivity contribution in [2.45, 2.75) is 25.6 Å². The zero-order valence-corrected chi connectivity index (χ0v) is 10.6. The molecular weight excluding hydrogens is 236 g/mol. The van der Waals surface area contributed by atoms with Gasteiger partial charge in [-0.1, -0.05) is 0 Å². The third kappa shape index (κ3) is 1.99. The van der Waals surface area contributed by atoms with E-state index in [1.807, 2.05) is 4.90 Å². The molecule has 0 radical (unpaired) electrons. The van der Waals surface area contributed by atoms with Gasteiger partial charge in [0.15, 0.2) is 0 Å². The Hall–Kier alpha value is -0.910. The van der Waals surface area contributed by atoms with Crippen molar-refractivity contribution in [1.82, 2.24) is 10.2 Å². The molecule has 4 nitrogen and oxygen atoms in total. The van der Waals surface area contributed by atoms with Gasteiger partial charge in [-0.05, 0) is 25.5 Å². The maximum absolute atomic E-state index is 12.0. The minimum atomic E-state index is 0.0490. The number of nitrogens with one attached hydrogen (secondary N) is 1. The zero-order valence-electron chi connectivity index (χ0n) is 9.81. The van der Waals surface area contributed by atoms with E-state index in [1.54, 1.807) is 11.3 Å². The Morgan fingerprint density at radius 3 is 3.06 bits per heavy atom. The standard InChI is InChI=1S/C12H16N2O2S/c1-8-2-3-10(17-8)12-13-6-11(15)14(12)9-4-5-16-7-9/h2-3,9,12-13H,4-7H2,1H3. The van der Waals surface area contributed by atoms with Crippen molar-refractivity contribution in [3.63, 3.8) is 0 Å². The number of hydrogen-bond donors (Lipinski definition) is 1. The molecule has 2 aliphatic heterocycles. The van der Waals surface area contributed by atoms with Crippen molar-refractivity contribution >= 4 is 17.2 Å². The Morgan fingerprint density at radius 1 is 1.53 bits per heavy atom. The summed E-state index contributed by atoms with van der Waals surface area (Å²) in [4.78, 5) is 16.4. The highest BCUT2D eigenvalue weighted by Gasteiger charge is 2.38. The summed E-state index contributed by atoms with van der Waals surface area (Å²) in [6.07, 6.45) is 1.00. The highest BCUT2D eigenvalue weighted by atomic mass is 32.1. The zero-order chi connectivity index (χ0) is 11.8. The lowest BCUT2D eigenvalue weighted by molar-refractivity contribution is -0.130. The quantitative estimate of drug-likeness (QED) is 0.862.